The van der Waals surface area contributed by atoms with Gasteiger partial charge in [-0.1, -0.05) is 6.07 Å². The van der Waals surface area contributed by atoms with Crippen LogP contribution in [0.3, 0.4) is 0 Å². The molecule has 5 heteroatoms. The number of benzene rings is 1. The molecule has 0 amide bonds. The second kappa shape index (κ2) is 5.28. The van der Waals surface area contributed by atoms with Crippen LogP contribution in [0, 0.1) is 11.3 Å². The Bertz CT molecular complexity index is 783. The molecule has 0 saturated carbocycles. The number of para-hydroxylation sites is 1. The summed E-state index contributed by atoms with van der Waals surface area (Å²) in [6.07, 6.45) is 0. The first-order valence-electron chi connectivity index (χ1n) is 6.24. The zero-order valence-corrected chi connectivity index (χ0v) is 12.4. The number of nitriles is 1. The van der Waals surface area contributed by atoms with Gasteiger partial charge in [0.1, 0.15) is 17.4 Å². The highest BCUT2D eigenvalue weighted by Gasteiger charge is 2.18. The van der Waals surface area contributed by atoms with Crippen LogP contribution in [0.4, 0.5) is 0 Å². The van der Waals surface area contributed by atoms with Crippen LogP contribution in [0.1, 0.15) is 29.9 Å². The van der Waals surface area contributed by atoms with Crippen molar-refractivity contribution < 1.29 is 0 Å². The molecule has 0 bridgehead atoms. The SMILES string of the molecule is CC(c1ccsc1)n1c(CCl)nc2c(C#N)cccc21. The van der Waals surface area contributed by atoms with Crippen molar-refractivity contribution in [1.82, 2.24) is 9.55 Å². The third kappa shape index (κ3) is 2.00. The summed E-state index contributed by atoms with van der Waals surface area (Å²) >= 11 is 7.71. The average Bonchev–Trinajstić information content (AvgIpc) is 3.12. The van der Waals surface area contributed by atoms with Gasteiger partial charge in [0.25, 0.3) is 0 Å². The van der Waals surface area contributed by atoms with E-state index in [2.05, 4.69) is 39.4 Å². The molecule has 3 aromatic rings. The molecule has 0 fully saturated rings. The highest BCUT2D eigenvalue weighted by molar-refractivity contribution is 7.07. The highest BCUT2D eigenvalue weighted by Crippen LogP contribution is 2.29. The van der Waals surface area contributed by atoms with E-state index in [1.807, 2.05) is 12.1 Å². The lowest BCUT2D eigenvalue weighted by molar-refractivity contribution is 0.636. The maximum Gasteiger partial charge on any atom is 0.125 e. The summed E-state index contributed by atoms with van der Waals surface area (Å²) in [5.74, 6) is 1.12. The van der Waals surface area contributed by atoms with E-state index in [4.69, 9.17) is 11.6 Å². The Balaban J connectivity index is 2.27. The van der Waals surface area contributed by atoms with Crippen molar-refractivity contribution in [3.63, 3.8) is 0 Å². The maximum absolute atomic E-state index is 9.20. The highest BCUT2D eigenvalue weighted by atomic mass is 35.5. The maximum atomic E-state index is 9.20. The fraction of sp³-hybridized carbons (Fsp3) is 0.200. The summed E-state index contributed by atoms with van der Waals surface area (Å²) in [6, 6.07) is 10.1. The zero-order chi connectivity index (χ0) is 14.1. The first-order chi connectivity index (χ1) is 9.76. The first kappa shape index (κ1) is 13.2. The van der Waals surface area contributed by atoms with E-state index in [1.54, 1.807) is 17.4 Å². The standard InChI is InChI=1S/C15H12ClN3S/c1-10(12-5-6-20-9-12)19-13-4-2-3-11(8-17)15(13)18-14(19)7-16/h2-6,9-10H,7H2,1H3. The van der Waals surface area contributed by atoms with Gasteiger partial charge in [-0.3, -0.25) is 0 Å². The number of nitrogens with zero attached hydrogens (tertiary/aromatic N) is 3. The van der Waals surface area contributed by atoms with Gasteiger partial charge in [-0.15, -0.1) is 11.6 Å². The molecule has 0 aliphatic heterocycles. The minimum absolute atomic E-state index is 0.147. The van der Waals surface area contributed by atoms with Crippen molar-refractivity contribution in [3.05, 3.63) is 52.0 Å². The van der Waals surface area contributed by atoms with E-state index in [9.17, 15) is 5.26 Å². The van der Waals surface area contributed by atoms with Crippen LogP contribution in [0.2, 0.25) is 0 Å². The Kier molecular flexibility index (Phi) is 3.47. The molecular formula is C15H12ClN3S. The Morgan fingerprint density at radius 3 is 2.95 bits per heavy atom. The van der Waals surface area contributed by atoms with Gasteiger partial charge in [-0.05, 0) is 41.4 Å². The quantitative estimate of drug-likeness (QED) is 0.676. The Labute approximate surface area is 126 Å². The molecule has 0 N–H and O–H groups in total. The molecule has 1 atom stereocenters. The van der Waals surface area contributed by atoms with Crippen molar-refractivity contribution in [2.75, 3.05) is 0 Å². The van der Waals surface area contributed by atoms with Crippen molar-refractivity contribution in [1.29, 1.82) is 5.26 Å². The molecule has 100 valence electrons. The summed E-state index contributed by atoms with van der Waals surface area (Å²) in [7, 11) is 0. The largest absolute Gasteiger partial charge is 0.320 e. The first-order valence-corrected chi connectivity index (χ1v) is 7.72. The number of rotatable bonds is 3. The van der Waals surface area contributed by atoms with E-state index in [0.29, 0.717) is 11.4 Å². The van der Waals surface area contributed by atoms with Crippen LogP contribution in [-0.4, -0.2) is 9.55 Å². The number of hydrogen-bond donors (Lipinski definition) is 0. The van der Waals surface area contributed by atoms with E-state index < -0.39 is 0 Å². The van der Waals surface area contributed by atoms with Gasteiger partial charge in [0.15, 0.2) is 0 Å². The van der Waals surface area contributed by atoms with Crippen molar-refractivity contribution >= 4 is 34.0 Å². The predicted molar refractivity (Wildman–Crippen MR) is 82.1 cm³/mol. The van der Waals surface area contributed by atoms with Gasteiger partial charge >= 0.3 is 0 Å². The molecule has 3 nitrogen and oxygen atoms in total. The third-order valence-electron chi connectivity index (χ3n) is 3.45. The van der Waals surface area contributed by atoms with Crippen molar-refractivity contribution in [3.8, 4) is 6.07 Å². The lowest BCUT2D eigenvalue weighted by Crippen LogP contribution is -2.09. The predicted octanol–water partition coefficient (Wildman–Crippen LogP) is 4.32. The van der Waals surface area contributed by atoms with Gasteiger partial charge in [0, 0.05) is 0 Å². The van der Waals surface area contributed by atoms with Crippen molar-refractivity contribution in [2.45, 2.75) is 18.8 Å². The summed E-state index contributed by atoms with van der Waals surface area (Å²) in [5.41, 5.74) is 3.50. The summed E-state index contributed by atoms with van der Waals surface area (Å²) in [4.78, 5) is 4.54. The van der Waals surface area contributed by atoms with Gasteiger partial charge in [-0.2, -0.15) is 16.6 Å². The summed E-state index contributed by atoms with van der Waals surface area (Å²) < 4.78 is 2.12. The molecule has 0 aliphatic carbocycles. The summed E-state index contributed by atoms with van der Waals surface area (Å²) in [6.45, 7) is 2.12. The summed E-state index contributed by atoms with van der Waals surface area (Å²) in [5, 5.41) is 13.4. The zero-order valence-electron chi connectivity index (χ0n) is 10.9. The fourth-order valence-corrected chi connectivity index (χ4v) is 3.38. The molecule has 0 radical (unpaired) electrons. The molecule has 20 heavy (non-hydrogen) atoms. The number of alkyl halides is 1. The lowest BCUT2D eigenvalue weighted by atomic mass is 10.1. The van der Waals surface area contributed by atoms with E-state index in [1.165, 1.54) is 5.56 Å². The second-order valence-electron chi connectivity index (χ2n) is 4.55. The Morgan fingerprint density at radius 1 is 1.45 bits per heavy atom. The minimum Gasteiger partial charge on any atom is -0.320 e. The van der Waals surface area contributed by atoms with Crippen LogP contribution in [-0.2, 0) is 5.88 Å². The second-order valence-corrected chi connectivity index (χ2v) is 5.60. The van der Waals surface area contributed by atoms with Crippen LogP contribution >= 0.6 is 22.9 Å². The van der Waals surface area contributed by atoms with Crippen LogP contribution in [0.25, 0.3) is 11.0 Å². The Morgan fingerprint density at radius 2 is 2.30 bits per heavy atom. The lowest BCUT2D eigenvalue weighted by Gasteiger charge is -2.16. The molecule has 0 saturated heterocycles. The number of fused-ring (bicyclic) bond motifs is 1. The van der Waals surface area contributed by atoms with Crippen LogP contribution < -0.4 is 0 Å². The van der Waals surface area contributed by atoms with Gasteiger partial charge in [0.2, 0.25) is 0 Å². The Hall–Kier alpha value is -1.83. The van der Waals surface area contributed by atoms with Crippen molar-refractivity contribution in [2.24, 2.45) is 0 Å². The normalized spacial score (nSPS) is 12.4. The number of hydrogen-bond acceptors (Lipinski definition) is 3. The number of imidazole rings is 1. The smallest absolute Gasteiger partial charge is 0.125 e. The number of aromatic nitrogens is 2. The molecule has 3 rings (SSSR count). The van der Waals surface area contributed by atoms with Crippen LogP contribution in [0.5, 0.6) is 0 Å². The van der Waals surface area contributed by atoms with Gasteiger partial charge in [-0.25, -0.2) is 4.98 Å². The minimum atomic E-state index is 0.147. The fourth-order valence-electron chi connectivity index (χ4n) is 2.44. The molecule has 0 spiro atoms. The topological polar surface area (TPSA) is 41.6 Å². The average molecular weight is 302 g/mol. The van der Waals surface area contributed by atoms with Gasteiger partial charge in [0.05, 0.1) is 23.0 Å². The molecule has 0 aliphatic rings. The third-order valence-corrected chi connectivity index (χ3v) is 4.39. The number of thiophene rings is 1. The van der Waals surface area contributed by atoms with E-state index in [-0.39, 0.29) is 6.04 Å². The molecule has 2 aromatic heterocycles. The number of halogens is 1. The van der Waals surface area contributed by atoms with E-state index in [0.717, 1.165) is 16.9 Å². The molecule has 1 unspecified atom stereocenters. The monoisotopic (exact) mass is 301 g/mol. The van der Waals surface area contributed by atoms with E-state index >= 15 is 0 Å². The van der Waals surface area contributed by atoms with Gasteiger partial charge < -0.3 is 4.57 Å². The molecular weight excluding hydrogens is 290 g/mol. The van der Waals surface area contributed by atoms with Crippen LogP contribution in [0.15, 0.2) is 35.0 Å². The molecule has 1 aromatic carbocycles. The molecule has 2 heterocycles.